The first-order valence-corrected chi connectivity index (χ1v) is 8.90. The molecule has 28 heavy (non-hydrogen) atoms. The number of aliphatic carboxylic acids is 1. The topological polar surface area (TPSA) is 96.3 Å². The molecule has 7 nitrogen and oxygen atoms in total. The van der Waals surface area contributed by atoms with Crippen LogP contribution in [0.15, 0.2) is 48.5 Å². The second-order valence-corrected chi connectivity index (χ2v) is 6.74. The Hall–Kier alpha value is -3.06. The van der Waals surface area contributed by atoms with Gasteiger partial charge in [-0.2, -0.15) is 0 Å². The molecule has 1 fully saturated rings. The van der Waals surface area contributed by atoms with Gasteiger partial charge in [-0.3, -0.25) is 4.79 Å². The maximum Gasteiger partial charge on any atom is 0.327 e. The van der Waals surface area contributed by atoms with Crippen molar-refractivity contribution >= 4 is 11.9 Å². The molecule has 0 spiro atoms. The maximum absolute atomic E-state index is 12.8. The van der Waals surface area contributed by atoms with E-state index in [0.717, 1.165) is 11.1 Å². The normalized spacial score (nSPS) is 19.9. The molecule has 0 saturated carbocycles. The third-order valence-electron chi connectivity index (χ3n) is 5.09. The number of aliphatic hydroxyl groups excluding tert-OH is 1. The van der Waals surface area contributed by atoms with E-state index < -0.39 is 30.1 Å². The van der Waals surface area contributed by atoms with Crippen molar-refractivity contribution in [1.82, 2.24) is 4.90 Å². The fourth-order valence-corrected chi connectivity index (χ4v) is 3.65. The lowest BCUT2D eigenvalue weighted by molar-refractivity contribution is -0.180. The molecule has 3 rings (SSSR count). The predicted molar refractivity (Wildman–Crippen MR) is 101 cm³/mol. The molecule has 1 amide bonds. The van der Waals surface area contributed by atoms with Gasteiger partial charge >= 0.3 is 5.97 Å². The number of nitrogens with zero attached hydrogens (tertiary/aromatic N) is 1. The van der Waals surface area contributed by atoms with Gasteiger partial charge in [0, 0.05) is 0 Å². The van der Waals surface area contributed by atoms with Crippen LogP contribution in [-0.4, -0.2) is 53.4 Å². The molecule has 148 valence electrons. The Balaban J connectivity index is 2.07. The number of hydrogen-bond donors (Lipinski definition) is 2. The number of carbonyl (C=O) groups is 2. The quantitative estimate of drug-likeness (QED) is 0.709. The van der Waals surface area contributed by atoms with E-state index >= 15 is 0 Å². The van der Waals surface area contributed by atoms with Crippen molar-refractivity contribution in [2.75, 3.05) is 14.2 Å². The van der Waals surface area contributed by atoms with Gasteiger partial charge < -0.3 is 24.6 Å². The Morgan fingerprint density at radius 2 is 1.39 bits per heavy atom. The zero-order chi connectivity index (χ0) is 20.4. The standard InChI is InChI=1S/C21H23NO6/c1-12(23)17-19(21(25)26)22(20(17)24)18(13-4-8-15(27-2)9-5-13)14-6-10-16(28-3)11-7-14/h4-12,17-19,23H,1-3H3,(H,25,26)/t12?,17-,19+/m1/s1. The maximum atomic E-state index is 12.8. The van der Waals surface area contributed by atoms with Crippen LogP contribution in [0.2, 0.25) is 0 Å². The van der Waals surface area contributed by atoms with E-state index in [9.17, 15) is 19.8 Å². The Morgan fingerprint density at radius 3 is 1.71 bits per heavy atom. The van der Waals surface area contributed by atoms with Gasteiger partial charge in [-0.25, -0.2) is 4.79 Å². The summed E-state index contributed by atoms with van der Waals surface area (Å²) in [5, 5.41) is 19.6. The van der Waals surface area contributed by atoms with Crippen LogP contribution >= 0.6 is 0 Å². The number of β-lactam (4-membered cyclic amide) rings is 1. The monoisotopic (exact) mass is 385 g/mol. The van der Waals surface area contributed by atoms with Crippen molar-refractivity contribution in [2.45, 2.75) is 25.1 Å². The zero-order valence-corrected chi connectivity index (χ0v) is 15.9. The van der Waals surface area contributed by atoms with Crippen molar-refractivity contribution in [2.24, 2.45) is 5.92 Å². The number of benzene rings is 2. The highest BCUT2D eigenvalue weighted by atomic mass is 16.5. The second kappa shape index (κ2) is 7.90. The van der Waals surface area contributed by atoms with Crippen molar-refractivity contribution in [3.8, 4) is 11.5 Å². The summed E-state index contributed by atoms with van der Waals surface area (Å²) in [4.78, 5) is 26.0. The lowest BCUT2D eigenvalue weighted by atomic mass is 9.79. The summed E-state index contributed by atoms with van der Waals surface area (Å²) >= 11 is 0. The molecule has 0 aliphatic carbocycles. The molecule has 2 aromatic carbocycles. The van der Waals surface area contributed by atoms with Crippen LogP contribution in [0.4, 0.5) is 0 Å². The SMILES string of the molecule is COc1ccc(C(c2ccc(OC)cc2)N2C(=O)[C@H](C(C)O)[C@H]2C(=O)O)cc1. The van der Waals surface area contributed by atoms with Crippen molar-refractivity contribution in [3.63, 3.8) is 0 Å². The van der Waals surface area contributed by atoms with E-state index in [2.05, 4.69) is 0 Å². The molecule has 2 N–H and O–H groups in total. The van der Waals surface area contributed by atoms with E-state index in [4.69, 9.17) is 9.47 Å². The van der Waals surface area contributed by atoms with Gasteiger partial charge in [-0.15, -0.1) is 0 Å². The van der Waals surface area contributed by atoms with E-state index in [1.54, 1.807) is 62.8 Å². The van der Waals surface area contributed by atoms with Crippen LogP contribution < -0.4 is 9.47 Å². The second-order valence-electron chi connectivity index (χ2n) is 6.74. The Bertz CT molecular complexity index is 799. The summed E-state index contributed by atoms with van der Waals surface area (Å²) in [6, 6.07) is 12.5. The van der Waals surface area contributed by atoms with E-state index in [-0.39, 0.29) is 5.91 Å². The zero-order valence-electron chi connectivity index (χ0n) is 15.9. The van der Waals surface area contributed by atoms with Gasteiger partial charge in [0.05, 0.1) is 32.3 Å². The van der Waals surface area contributed by atoms with E-state index in [0.29, 0.717) is 11.5 Å². The summed E-state index contributed by atoms with van der Waals surface area (Å²) in [7, 11) is 3.12. The van der Waals surface area contributed by atoms with Gasteiger partial charge in [0.1, 0.15) is 17.5 Å². The van der Waals surface area contributed by atoms with Crippen LogP contribution in [0.3, 0.4) is 0 Å². The molecule has 0 bridgehead atoms. The highest BCUT2D eigenvalue weighted by Crippen LogP contribution is 2.41. The molecule has 1 heterocycles. The fraction of sp³-hybridized carbons (Fsp3) is 0.333. The molecule has 1 unspecified atom stereocenters. The minimum Gasteiger partial charge on any atom is -0.497 e. The van der Waals surface area contributed by atoms with Gasteiger partial charge in [-0.1, -0.05) is 24.3 Å². The summed E-state index contributed by atoms with van der Waals surface area (Å²) < 4.78 is 10.4. The van der Waals surface area contributed by atoms with Crippen molar-refractivity contribution < 1.29 is 29.3 Å². The molecule has 0 aromatic heterocycles. The number of hydrogen-bond acceptors (Lipinski definition) is 5. The molecule has 7 heteroatoms. The largest absolute Gasteiger partial charge is 0.497 e. The Morgan fingerprint density at radius 1 is 0.964 bits per heavy atom. The molecular formula is C21H23NO6. The lowest BCUT2D eigenvalue weighted by Crippen LogP contribution is -2.68. The minimum absolute atomic E-state index is 0.390. The van der Waals surface area contributed by atoms with Crippen LogP contribution in [0.5, 0.6) is 11.5 Å². The number of aliphatic hydroxyl groups is 1. The van der Waals surface area contributed by atoms with Gasteiger partial charge in [0.25, 0.3) is 0 Å². The third-order valence-corrected chi connectivity index (χ3v) is 5.09. The van der Waals surface area contributed by atoms with Crippen LogP contribution in [0, 0.1) is 5.92 Å². The number of ether oxygens (including phenoxy) is 2. The number of carboxylic acids is 1. The number of amides is 1. The molecule has 3 atom stereocenters. The van der Waals surface area contributed by atoms with Crippen LogP contribution in [0.1, 0.15) is 24.1 Å². The predicted octanol–water partition coefficient (Wildman–Crippen LogP) is 2.09. The summed E-state index contributed by atoms with van der Waals surface area (Å²) in [5.74, 6) is -1.18. The third kappa shape index (κ3) is 3.41. The lowest BCUT2D eigenvalue weighted by Gasteiger charge is -2.50. The first-order chi connectivity index (χ1) is 13.4. The number of carbonyl (C=O) groups excluding carboxylic acids is 1. The van der Waals surface area contributed by atoms with Crippen molar-refractivity contribution in [1.29, 1.82) is 0 Å². The molecule has 1 aliphatic rings. The number of likely N-dealkylation sites (tertiary alicyclic amines) is 1. The van der Waals surface area contributed by atoms with E-state index in [1.165, 1.54) is 11.8 Å². The Labute approximate surface area is 163 Å². The first-order valence-electron chi connectivity index (χ1n) is 8.90. The average Bonchev–Trinajstić information content (AvgIpc) is 2.69. The van der Waals surface area contributed by atoms with Crippen LogP contribution in [-0.2, 0) is 9.59 Å². The van der Waals surface area contributed by atoms with Gasteiger partial charge in [0.2, 0.25) is 5.91 Å². The van der Waals surface area contributed by atoms with E-state index in [1.807, 2.05) is 0 Å². The Kier molecular flexibility index (Phi) is 5.56. The molecule has 1 saturated heterocycles. The average molecular weight is 385 g/mol. The smallest absolute Gasteiger partial charge is 0.327 e. The van der Waals surface area contributed by atoms with Crippen LogP contribution in [0.25, 0.3) is 0 Å². The highest BCUT2D eigenvalue weighted by molar-refractivity contribution is 5.97. The van der Waals surface area contributed by atoms with Crippen molar-refractivity contribution in [3.05, 3.63) is 59.7 Å². The molecule has 2 aromatic rings. The fourth-order valence-electron chi connectivity index (χ4n) is 3.65. The summed E-state index contributed by atoms with van der Waals surface area (Å²) in [6.45, 7) is 1.44. The molecule has 0 radical (unpaired) electrons. The molecular weight excluding hydrogens is 362 g/mol. The number of carboxylic acid groups (broad SMARTS) is 1. The summed E-state index contributed by atoms with van der Waals surface area (Å²) in [5.41, 5.74) is 1.49. The molecule has 1 aliphatic heterocycles. The number of methoxy groups -OCH3 is 2. The summed E-state index contributed by atoms with van der Waals surface area (Å²) in [6.07, 6.45) is -1.04. The first kappa shape index (κ1) is 19.7. The highest BCUT2D eigenvalue weighted by Gasteiger charge is 2.56. The van der Waals surface area contributed by atoms with Gasteiger partial charge in [0.15, 0.2) is 0 Å². The van der Waals surface area contributed by atoms with Gasteiger partial charge in [-0.05, 0) is 42.3 Å². The number of rotatable bonds is 7. The minimum atomic E-state index is -1.14.